The summed E-state index contributed by atoms with van der Waals surface area (Å²) in [5.41, 5.74) is 0.919. The van der Waals surface area contributed by atoms with Gasteiger partial charge in [-0.15, -0.1) is 0 Å². The van der Waals surface area contributed by atoms with Crippen molar-refractivity contribution in [3.8, 4) is 5.75 Å². The Labute approximate surface area is 150 Å². The predicted molar refractivity (Wildman–Crippen MR) is 105 cm³/mol. The molecule has 24 heavy (non-hydrogen) atoms. The number of benzene rings is 1. The molecule has 6 heteroatoms. The third-order valence-electron chi connectivity index (χ3n) is 4.30. The van der Waals surface area contributed by atoms with Crippen LogP contribution in [0.15, 0.2) is 29.3 Å². The first-order valence-electron chi connectivity index (χ1n) is 8.58. The molecule has 2 rings (SSSR count). The summed E-state index contributed by atoms with van der Waals surface area (Å²) in [7, 11) is 0. The number of aliphatic imine (C=N–C) groups is 1. The Kier molecular flexibility index (Phi) is 6.66. The number of para-hydroxylation sites is 2. The van der Waals surface area contributed by atoms with Gasteiger partial charge in [-0.3, -0.25) is 4.99 Å². The molecule has 1 aliphatic heterocycles. The molecule has 1 aliphatic rings. The van der Waals surface area contributed by atoms with Crippen molar-refractivity contribution < 1.29 is 5.11 Å². The number of hydrogen-bond donors (Lipinski definition) is 2. The number of hydrogen-bond acceptors (Lipinski definition) is 4. The fraction of sp³-hybridized carbons (Fsp3) is 0.611. The van der Waals surface area contributed by atoms with Crippen LogP contribution in [0, 0.1) is 0 Å². The molecule has 1 heterocycles. The molecule has 1 fully saturated rings. The zero-order valence-electron chi connectivity index (χ0n) is 15.2. The second-order valence-corrected chi connectivity index (χ2v) is 8.11. The van der Waals surface area contributed by atoms with Gasteiger partial charge in [0.2, 0.25) is 0 Å². The molecule has 0 unspecified atom stereocenters. The lowest BCUT2D eigenvalue weighted by Gasteiger charge is -2.38. The highest BCUT2D eigenvalue weighted by Crippen LogP contribution is 2.27. The van der Waals surface area contributed by atoms with Crippen molar-refractivity contribution in [3.05, 3.63) is 24.3 Å². The van der Waals surface area contributed by atoms with E-state index in [4.69, 9.17) is 4.99 Å². The Morgan fingerprint density at radius 1 is 1.25 bits per heavy atom. The van der Waals surface area contributed by atoms with Crippen molar-refractivity contribution in [2.24, 2.45) is 4.99 Å². The zero-order valence-corrected chi connectivity index (χ0v) is 16.1. The van der Waals surface area contributed by atoms with E-state index in [1.807, 2.05) is 30.0 Å². The molecule has 5 nitrogen and oxygen atoms in total. The Morgan fingerprint density at radius 2 is 1.92 bits per heavy atom. The van der Waals surface area contributed by atoms with Crippen molar-refractivity contribution in [3.63, 3.8) is 0 Å². The summed E-state index contributed by atoms with van der Waals surface area (Å²) in [6.45, 7) is 11.8. The van der Waals surface area contributed by atoms with Crippen molar-refractivity contribution in [1.29, 1.82) is 0 Å². The molecular weight excluding hydrogens is 320 g/mol. The second-order valence-electron chi connectivity index (χ2n) is 6.60. The fourth-order valence-corrected chi connectivity index (χ4v) is 2.84. The predicted octanol–water partition coefficient (Wildman–Crippen LogP) is 2.62. The smallest absolute Gasteiger partial charge is 0.194 e. The molecule has 0 aliphatic carbocycles. The first-order valence-corrected chi connectivity index (χ1v) is 9.80. The summed E-state index contributed by atoms with van der Waals surface area (Å²) < 4.78 is 0.151. The van der Waals surface area contributed by atoms with E-state index < -0.39 is 0 Å². The SMILES string of the molecule is CCNC(=NCC(C)(C)SC)N1CCN(c2ccccc2O)CC1. The number of thioether (sulfide) groups is 1. The van der Waals surface area contributed by atoms with E-state index in [1.54, 1.807) is 6.07 Å². The average molecular weight is 351 g/mol. The van der Waals surface area contributed by atoms with Crippen LogP contribution in [0.1, 0.15) is 20.8 Å². The summed E-state index contributed by atoms with van der Waals surface area (Å²) in [4.78, 5) is 9.39. The molecule has 134 valence electrons. The highest BCUT2D eigenvalue weighted by Gasteiger charge is 2.22. The highest BCUT2D eigenvalue weighted by molar-refractivity contribution is 7.99. The van der Waals surface area contributed by atoms with Crippen molar-refractivity contribution >= 4 is 23.4 Å². The first-order chi connectivity index (χ1) is 11.5. The van der Waals surface area contributed by atoms with Gasteiger partial charge in [-0.2, -0.15) is 11.8 Å². The van der Waals surface area contributed by atoms with Crippen LogP contribution in [0.5, 0.6) is 5.75 Å². The normalized spacial score (nSPS) is 16.4. The standard InChI is InChI=1S/C18H30N4OS/c1-5-19-17(20-14-18(2,3)24-4)22-12-10-21(11-13-22)15-8-6-7-9-16(15)23/h6-9,23H,5,10-14H2,1-4H3,(H,19,20). The molecule has 0 atom stereocenters. The fourth-order valence-electron chi connectivity index (χ4n) is 2.65. The van der Waals surface area contributed by atoms with Gasteiger partial charge in [-0.1, -0.05) is 12.1 Å². The monoisotopic (exact) mass is 350 g/mol. The Hall–Kier alpha value is -1.56. The summed E-state index contributed by atoms with van der Waals surface area (Å²) in [6, 6.07) is 7.55. The van der Waals surface area contributed by atoms with Gasteiger partial charge in [0.1, 0.15) is 5.75 Å². The maximum Gasteiger partial charge on any atom is 0.194 e. The lowest BCUT2D eigenvalue weighted by molar-refractivity contribution is 0.369. The number of nitrogens with one attached hydrogen (secondary N) is 1. The quantitative estimate of drug-likeness (QED) is 0.631. The minimum atomic E-state index is 0.151. The number of guanidine groups is 1. The van der Waals surface area contributed by atoms with Crippen LogP contribution >= 0.6 is 11.8 Å². The van der Waals surface area contributed by atoms with Crippen LogP contribution in [0.3, 0.4) is 0 Å². The minimum absolute atomic E-state index is 0.151. The number of phenolic OH excluding ortho intramolecular Hbond substituents is 1. The maximum atomic E-state index is 10.0. The summed E-state index contributed by atoms with van der Waals surface area (Å²) in [6.07, 6.45) is 2.13. The summed E-state index contributed by atoms with van der Waals surface area (Å²) in [5.74, 6) is 1.35. The second kappa shape index (κ2) is 8.51. The van der Waals surface area contributed by atoms with Gasteiger partial charge in [0.15, 0.2) is 5.96 Å². The van der Waals surface area contributed by atoms with Crippen LogP contribution in [0.4, 0.5) is 5.69 Å². The van der Waals surface area contributed by atoms with Gasteiger partial charge < -0.3 is 20.2 Å². The zero-order chi connectivity index (χ0) is 17.6. The number of nitrogens with zero attached hydrogens (tertiary/aromatic N) is 3. The molecule has 0 radical (unpaired) electrons. The van der Waals surface area contributed by atoms with Crippen molar-refractivity contribution in [1.82, 2.24) is 10.2 Å². The van der Waals surface area contributed by atoms with E-state index in [0.717, 1.165) is 50.9 Å². The maximum absolute atomic E-state index is 10.0. The number of rotatable bonds is 5. The molecular formula is C18H30N4OS. The summed E-state index contributed by atoms with van der Waals surface area (Å²) >= 11 is 1.84. The van der Waals surface area contributed by atoms with E-state index in [1.165, 1.54) is 0 Å². The van der Waals surface area contributed by atoms with E-state index >= 15 is 0 Å². The molecule has 0 spiro atoms. The van der Waals surface area contributed by atoms with Gasteiger partial charge in [0, 0.05) is 37.5 Å². The molecule has 1 aromatic carbocycles. The molecule has 1 saturated heterocycles. The van der Waals surface area contributed by atoms with E-state index in [9.17, 15) is 5.11 Å². The topological polar surface area (TPSA) is 51.1 Å². The minimum Gasteiger partial charge on any atom is -0.506 e. The number of piperazine rings is 1. The van der Waals surface area contributed by atoms with Crippen LogP contribution in [0.2, 0.25) is 0 Å². The number of phenols is 1. The van der Waals surface area contributed by atoms with Crippen LogP contribution in [-0.4, -0.2) is 66.2 Å². The highest BCUT2D eigenvalue weighted by atomic mass is 32.2. The molecule has 2 N–H and O–H groups in total. The van der Waals surface area contributed by atoms with E-state index in [-0.39, 0.29) is 4.75 Å². The van der Waals surface area contributed by atoms with Gasteiger partial charge >= 0.3 is 0 Å². The van der Waals surface area contributed by atoms with Gasteiger partial charge in [-0.05, 0) is 39.2 Å². The number of anilines is 1. The molecule has 1 aromatic rings. The Balaban J connectivity index is 2.00. The molecule has 0 aromatic heterocycles. The largest absolute Gasteiger partial charge is 0.506 e. The first kappa shape index (κ1) is 18.8. The average Bonchev–Trinajstić information content (AvgIpc) is 2.59. The molecule has 0 saturated carbocycles. The van der Waals surface area contributed by atoms with Crippen LogP contribution < -0.4 is 10.2 Å². The van der Waals surface area contributed by atoms with Crippen molar-refractivity contribution in [2.45, 2.75) is 25.5 Å². The lowest BCUT2D eigenvalue weighted by atomic mass is 10.2. The van der Waals surface area contributed by atoms with E-state index in [2.05, 4.69) is 42.1 Å². The van der Waals surface area contributed by atoms with Crippen molar-refractivity contribution in [2.75, 3.05) is 50.4 Å². The third-order valence-corrected chi connectivity index (χ3v) is 5.53. The molecule has 0 bridgehead atoms. The third kappa shape index (κ3) is 4.97. The Bertz CT molecular complexity index is 554. The molecule has 0 amide bonds. The lowest BCUT2D eigenvalue weighted by Crippen LogP contribution is -2.52. The van der Waals surface area contributed by atoms with Gasteiger partial charge in [0.05, 0.1) is 12.2 Å². The van der Waals surface area contributed by atoms with Crippen LogP contribution in [-0.2, 0) is 0 Å². The van der Waals surface area contributed by atoms with Gasteiger partial charge in [-0.25, -0.2) is 0 Å². The summed E-state index contributed by atoms with van der Waals surface area (Å²) in [5, 5.41) is 13.4. The van der Waals surface area contributed by atoms with E-state index in [0.29, 0.717) is 5.75 Å². The number of aromatic hydroxyl groups is 1. The van der Waals surface area contributed by atoms with Crippen LogP contribution in [0.25, 0.3) is 0 Å². The van der Waals surface area contributed by atoms with Gasteiger partial charge in [0.25, 0.3) is 0 Å². The Morgan fingerprint density at radius 3 is 2.50 bits per heavy atom.